The Bertz CT molecular complexity index is 876. The molecule has 0 radical (unpaired) electrons. The first kappa shape index (κ1) is 19.6. The first-order valence-electron chi connectivity index (χ1n) is 7.67. The molecule has 8 heteroatoms. The van der Waals surface area contributed by atoms with Crippen LogP contribution in [0.4, 0.5) is 14.5 Å². The topological polar surface area (TPSA) is 72.5 Å². The third-order valence-corrected chi connectivity index (χ3v) is 5.14. The number of nitrogens with one attached hydrogen (secondary N) is 1. The number of carbonyl (C=O) groups is 1. The van der Waals surface area contributed by atoms with Gasteiger partial charge in [-0.25, -0.2) is 8.42 Å². The highest BCUT2D eigenvalue weighted by Crippen LogP contribution is 2.17. The summed E-state index contributed by atoms with van der Waals surface area (Å²) in [4.78, 5) is 12.1. The van der Waals surface area contributed by atoms with E-state index < -0.39 is 22.4 Å². The van der Waals surface area contributed by atoms with Crippen molar-refractivity contribution >= 4 is 27.5 Å². The summed E-state index contributed by atoms with van der Waals surface area (Å²) in [5, 5.41) is 2.60. The molecule has 0 aliphatic carbocycles. The summed E-state index contributed by atoms with van der Waals surface area (Å²) in [5.41, 5.74) is 1.08. The molecule has 0 heterocycles. The molecule has 0 saturated carbocycles. The van der Waals surface area contributed by atoms with Gasteiger partial charge in [-0.15, -0.1) is 0 Å². The second-order valence-corrected chi connectivity index (χ2v) is 7.48. The Balaban J connectivity index is 1.96. The molecule has 0 bridgehead atoms. The number of sulfone groups is 1. The number of alkyl halides is 2. The Morgan fingerprint density at radius 2 is 1.73 bits per heavy atom. The number of hydrogen-bond donors (Lipinski definition) is 1. The number of rotatable bonds is 7. The average Bonchev–Trinajstić information content (AvgIpc) is 2.61. The molecule has 5 nitrogen and oxygen atoms in total. The van der Waals surface area contributed by atoms with E-state index in [0.717, 1.165) is 0 Å². The van der Waals surface area contributed by atoms with Crippen molar-refractivity contribution in [2.45, 2.75) is 18.4 Å². The Kier molecular flexibility index (Phi) is 6.46. The summed E-state index contributed by atoms with van der Waals surface area (Å²) < 4.78 is 51.8. The van der Waals surface area contributed by atoms with Gasteiger partial charge in [0.15, 0.2) is 9.84 Å². The van der Waals surface area contributed by atoms with Gasteiger partial charge in [0.1, 0.15) is 5.75 Å². The third-order valence-electron chi connectivity index (χ3n) is 3.39. The fourth-order valence-corrected chi connectivity index (χ4v) is 2.91. The number of anilines is 1. The van der Waals surface area contributed by atoms with E-state index in [1.807, 2.05) is 0 Å². The van der Waals surface area contributed by atoms with E-state index >= 15 is 0 Å². The lowest BCUT2D eigenvalue weighted by molar-refractivity contribution is -0.111. The van der Waals surface area contributed by atoms with Crippen molar-refractivity contribution in [3.8, 4) is 5.75 Å². The van der Waals surface area contributed by atoms with E-state index in [4.69, 9.17) is 0 Å². The number of hydrogen-bond acceptors (Lipinski definition) is 4. The lowest BCUT2D eigenvalue weighted by atomic mass is 10.2. The number of benzene rings is 2. The monoisotopic (exact) mass is 381 g/mol. The highest BCUT2D eigenvalue weighted by Gasteiger charge is 2.11. The molecule has 2 rings (SSSR count). The SMILES string of the molecule is CCS(=O)(=O)c1ccc(NC(=O)/C=C/c2ccc(OC(F)F)cc2)cc1. The van der Waals surface area contributed by atoms with Crippen LogP contribution in [0.3, 0.4) is 0 Å². The van der Waals surface area contributed by atoms with Crippen LogP contribution in [-0.2, 0) is 14.6 Å². The second kappa shape index (κ2) is 8.57. The summed E-state index contributed by atoms with van der Waals surface area (Å²) in [6.07, 6.45) is 2.79. The maximum Gasteiger partial charge on any atom is 0.387 e. The third kappa shape index (κ3) is 5.66. The normalized spacial score (nSPS) is 11.7. The highest BCUT2D eigenvalue weighted by molar-refractivity contribution is 7.91. The molecular formula is C18H17F2NO4S. The number of carbonyl (C=O) groups excluding carboxylic acids is 1. The van der Waals surface area contributed by atoms with Crippen molar-refractivity contribution in [2.75, 3.05) is 11.1 Å². The van der Waals surface area contributed by atoms with Crippen molar-refractivity contribution in [1.82, 2.24) is 0 Å². The van der Waals surface area contributed by atoms with Gasteiger partial charge in [-0.3, -0.25) is 4.79 Å². The highest BCUT2D eigenvalue weighted by atomic mass is 32.2. The largest absolute Gasteiger partial charge is 0.435 e. The molecule has 0 aromatic heterocycles. The van der Waals surface area contributed by atoms with E-state index in [9.17, 15) is 22.0 Å². The molecule has 0 atom stereocenters. The van der Waals surface area contributed by atoms with Crippen molar-refractivity contribution in [1.29, 1.82) is 0 Å². The molecule has 138 valence electrons. The van der Waals surface area contributed by atoms with E-state index in [2.05, 4.69) is 10.1 Å². The van der Waals surface area contributed by atoms with Crippen molar-refractivity contribution in [3.63, 3.8) is 0 Å². The van der Waals surface area contributed by atoms with Crippen molar-refractivity contribution in [3.05, 3.63) is 60.2 Å². The second-order valence-electron chi connectivity index (χ2n) is 5.20. The van der Waals surface area contributed by atoms with E-state index in [1.165, 1.54) is 60.7 Å². The molecule has 0 fully saturated rings. The molecule has 2 aromatic carbocycles. The molecule has 26 heavy (non-hydrogen) atoms. The van der Waals surface area contributed by atoms with Crippen LogP contribution in [0.25, 0.3) is 6.08 Å². The van der Waals surface area contributed by atoms with Gasteiger partial charge in [-0.2, -0.15) is 8.78 Å². The summed E-state index contributed by atoms with van der Waals surface area (Å²) in [6, 6.07) is 11.7. The van der Waals surface area contributed by atoms with Crippen molar-refractivity contribution < 1.29 is 26.7 Å². The Labute approximate surface area is 150 Å². The summed E-state index contributed by atoms with van der Waals surface area (Å²) in [5.74, 6) is -0.379. The Morgan fingerprint density at radius 3 is 2.27 bits per heavy atom. The van der Waals surface area contributed by atoms with Crippen LogP contribution < -0.4 is 10.1 Å². The fourth-order valence-electron chi connectivity index (χ4n) is 2.03. The minimum Gasteiger partial charge on any atom is -0.435 e. The molecule has 0 aliphatic rings. The number of ether oxygens (including phenoxy) is 1. The standard InChI is InChI=1S/C18H17F2NO4S/c1-2-26(23,24)16-10-6-14(7-11-16)21-17(22)12-5-13-3-8-15(9-4-13)25-18(19)20/h3-12,18H,2H2,1H3,(H,21,22)/b12-5+. The lowest BCUT2D eigenvalue weighted by Gasteiger charge is -2.05. The van der Waals surface area contributed by atoms with Gasteiger partial charge in [0, 0.05) is 11.8 Å². The minimum absolute atomic E-state index is 0.00257. The maximum absolute atomic E-state index is 12.1. The summed E-state index contributed by atoms with van der Waals surface area (Å²) in [7, 11) is -3.28. The molecular weight excluding hydrogens is 364 g/mol. The summed E-state index contributed by atoms with van der Waals surface area (Å²) in [6.45, 7) is -1.33. The maximum atomic E-state index is 12.1. The van der Waals surface area contributed by atoms with Gasteiger partial charge >= 0.3 is 6.61 Å². The zero-order valence-electron chi connectivity index (χ0n) is 13.9. The molecule has 2 aromatic rings. The molecule has 0 saturated heterocycles. The van der Waals surface area contributed by atoms with Crippen LogP contribution in [-0.4, -0.2) is 26.7 Å². The van der Waals surface area contributed by atoms with Gasteiger partial charge < -0.3 is 10.1 Å². The number of amides is 1. The van der Waals surface area contributed by atoms with E-state index in [1.54, 1.807) is 6.92 Å². The van der Waals surface area contributed by atoms with Gasteiger partial charge in [0.2, 0.25) is 5.91 Å². The lowest BCUT2D eigenvalue weighted by Crippen LogP contribution is -2.08. The molecule has 0 unspecified atom stereocenters. The molecule has 1 N–H and O–H groups in total. The van der Waals surface area contributed by atoms with E-state index in [0.29, 0.717) is 11.3 Å². The summed E-state index contributed by atoms with van der Waals surface area (Å²) >= 11 is 0. The average molecular weight is 381 g/mol. The first-order chi connectivity index (χ1) is 12.3. The fraction of sp³-hybridized carbons (Fsp3) is 0.167. The quantitative estimate of drug-likeness (QED) is 0.742. The van der Waals surface area contributed by atoms with Crippen LogP contribution in [0, 0.1) is 0 Å². The molecule has 1 amide bonds. The van der Waals surface area contributed by atoms with Gasteiger partial charge in [-0.05, 0) is 48.0 Å². The van der Waals surface area contributed by atoms with Crippen LogP contribution in [0.5, 0.6) is 5.75 Å². The van der Waals surface area contributed by atoms with Gasteiger partial charge in [-0.1, -0.05) is 19.1 Å². The number of halogens is 2. The smallest absolute Gasteiger partial charge is 0.387 e. The molecule has 0 aliphatic heterocycles. The van der Waals surface area contributed by atoms with Gasteiger partial charge in [0.05, 0.1) is 10.6 Å². The van der Waals surface area contributed by atoms with Crippen LogP contribution >= 0.6 is 0 Å². The van der Waals surface area contributed by atoms with Crippen LogP contribution in [0.2, 0.25) is 0 Å². The van der Waals surface area contributed by atoms with Crippen LogP contribution in [0.1, 0.15) is 12.5 Å². The Morgan fingerprint density at radius 1 is 1.12 bits per heavy atom. The first-order valence-corrected chi connectivity index (χ1v) is 9.32. The Hall–Kier alpha value is -2.74. The van der Waals surface area contributed by atoms with Crippen molar-refractivity contribution in [2.24, 2.45) is 0 Å². The van der Waals surface area contributed by atoms with Gasteiger partial charge in [0.25, 0.3) is 0 Å². The predicted octanol–water partition coefficient (Wildman–Crippen LogP) is 3.73. The van der Waals surface area contributed by atoms with Crippen LogP contribution in [0.15, 0.2) is 59.5 Å². The zero-order chi connectivity index (χ0) is 19.2. The zero-order valence-corrected chi connectivity index (χ0v) is 14.7. The minimum atomic E-state index is -3.28. The molecule has 0 spiro atoms. The predicted molar refractivity (Wildman–Crippen MR) is 94.9 cm³/mol. The van der Waals surface area contributed by atoms with E-state index in [-0.39, 0.29) is 16.4 Å².